The number of nitrogens with zero attached hydrogens (tertiary/aromatic N) is 2. The van der Waals surface area contributed by atoms with Crippen LogP contribution in [0.2, 0.25) is 0 Å². The van der Waals surface area contributed by atoms with E-state index in [4.69, 9.17) is 10.5 Å². The van der Waals surface area contributed by atoms with Crippen molar-refractivity contribution in [3.8, 4) is 5.88 Å². The van der Waals surface area contributed by atoms with Crippen LogP contribution in [0.4, 0.5) is 0 Å². The summed E-state index contributed by atoms with van der Waals surface area (Å²) in [6.07, 6.45) is 1.50. The van der Waals surface area contributed by atoms with Gasteiger partial charge in [-0.15, -0.1) is 0 Å². The second-order valence-corrected chi connectivity index (χ2v) is 6.39. The average molecular weight is 400 g/mol. The maximum absolute atomic E-state index is 12.5. The van der Waals surface area contributed by atoms with Crippen LogP contribution in [0.15, 0.2) is 70.2 Å². The van der Waals surface area contributed by atoms with Crippen LogP contribution < -0.4 is 16.0 Å². The van der Waals surface area contributed by atoms with Gasteiger partial charge in [-0.05, 0) is 32.6 Å². The molecule has 0 aliphatic carbocycles. The summed E-state index contributed by atoms with van der Waals surface area (Å²) < 4.78 is 7.51. The van der Waals surface area contributed by atoms with Gasteiger partial charge < -0.3 is 10.5 Å². The third-order valence-corrected chi connectivity index (χ3v) is 4.43. The van der Waals surface area contributed by atoms with Crippen molar-refractivity contribution >= 4 is 15.9 Å². The number of hydrogen-bond donors (Lipinski definition) is 1. The molecule has 0 atom stereocenters. The molecule has 2 aromatic carbocycles. The van der Waals surface area contributed by atoms with Crippen LogP contribution in [0, 0.1) is 0 Å². The number of halogens is 1. The molecule has 0 radical (unpaired) electrons. The summed E-state index contributed by atoms with van der Waals surface area (Å²) in [7, 11) is 0. The molecule has 0 aliphatic heterocycles. The minimum absolute atomic E-state index is 0.184. The van der Waals surface area contributed by atoms with Gasteiger partial charge in [0.2, 0.25) is 5.88 Å². The molecule has 128 valence electrons. The fourth-order valence-electron chi connectivity index (χ4n) is 2.44. The fraction of sp³-hybridized carbons (Fsp3) is 0.158. The zero-order valence-corrected chi connectivity index (χ0v) is 15.1. The molecule has 1 aromatic heterocycles. The van der Waals surface area contributed by atoms with E-state index < -0.39 is 0 Å². The lowest BCUT2D eigenvalue weighted by Gasteiger charge is -2.11. The summed E-state index contributed by atoms with van der Waals surface area (Å²) in [5, 5.41) is 0. The third kappa shape index (κ3) is 4.35. The van der Waals surface area contributed by atoms with Crippen molar-refractivity contribution in [3.05, 3.63) is 92.4 Å². The van der Waals surface area contributed by atoms with Crippen molar-refractivity contribution in [2.45, 2.75) is 19.7 Å². The van der Waals surface area contributed by atoms with Crippen LogP contribution in [-0.4, -0.2) is 9.55 Å². The van der Waals surface area contributed by atoms with E-state index >= 15 is 0 Å². The molecule has 5 nitrogen and oxygen atoms in total. The molecule has 3 rings (SSSR count). The Bertz CT molecular complexity index is 910. The van der Waals surface area contributed by atoms with Crippen molar-refractivity contribution in [2.24, 2.45) is 5.73 Å². The van der Waals surface area contributed by atoms with Gasteiger partial charge in [0.25, 0.3) is 5.56 Å². The van der Waals surface area contributed by atoms with Gasteiger partial charge in [-0.25, -0.2) is 4.98 Å². The Balaban J connectivity index is 1.76. The Hall–Kier alpha value is -2.44. The first-order valence-corrected chi connectivity index (χ1v) is 8.66. The fourth-order valence-corrected chi connectivity index (χ4v) is 2.88. The third-order valence-electron chi connectivity index (χ3n) is 3.75. The van der Waals surface area contributed by atoms with Crippen molar-refractivity contribution < 1.29 is 4.74 Å². The van der Waals surface area contributed by atoms with E-state index in [0.29, 0.717) is 30.0 Å². The zero-order chi connectivity index (χ0) is 17.6. The van der Waals surface area contributed by atoms with Gasteiger partial charge in [0, 0.05) is 6.54 Å². The number of ether oxygens (including phenoxy) is 1. The van der Waals surface area contributed by atoms with Crippen molar-refractivity contribution in [2.75, 3.05) is 0 Å². The van der Waals surface area contributed by atoms with E-state index in [2.05, 4.69) is 20.9 Å². The van der Waals surface area contributed by atoms with Crippen LogP contribution in [0.3, 0.4) is 0 Å². The smallest absolute Gasteiger partial charge is 0.271 e. The second kappa shape index (κ2) is 8.09. The average Bonchev–Trinajstić information content (AvgIpc) is 2.66. The lowest BCUT2D eigenvalue weighted by Crippen LogP contribution is -2.22. The van der Waals surface area contributed by atoms with Gasteiger partial charge >= 0.3 is 0 Å². The summed E-state index contributed by atoms with van der Waals surface area (Å²) >= 11 is 3.31. The largest absolute Gasteiger partial charge is 0.472 e. The lowest BCUT2D eigenvalue weighted by molar-refractivity contribution is 0.289. The normalized spacial score (nSPS) is 10.6. The number of nitrogens with two attached hydrogens (primary N) is 1. The molecule has 0 saturated carbocycles. The summed E-state index contributed by atoms with van der Waals surface area (Å²) in [4.78, 5) is 16.8. The SMILES string of the molecule is NCc1cccc(Cn2cnc(OCc3ccccc3)c(Br)c2=O)c1. The number of hydrogen-bond acceptors (Lipinski definition) is 4. The second-order valence-electron chi connectivity index (χ2n) is 5.60. The highest BCUT2D eigenvalue weighted by Crippen LogP contribution is 2.18. The molecule has 6 heteroatoms. The molecule has 1 heterocycles. The minimum atomic E-state index is -0.184. The molecule has 2 N–H and O–H groups in total. The Morgan fingerprint density at radius 3 is 2.52 bits per heavy atom. The summed E-state index contributed by atoms with van der Waals surface area (Å²) in [5.41, 5.74) is 8.52. The highest BCUT2D eigenvalue weighted by molar-refractivity contribution is 9.10. The summed E-state index contributed by atoms with van der Waals surface area (Å²) in [6.45, 7) is 1.25. The first-order chi connectivity index (χ1) is 12.2. The summed E-state index contributed by atoms with van der Waals surface area (Å²) in [6, 6.07) is 17.6. The van der Waals surface area contributed by atoms with Crippen LogP contribution in [0.5, 0.6) is 5.88 Å². The first kappa shape index (κ1) is 17.4. The highest BCUT2D eigenvalue weighted by atomic mass is 79.9. The maximum atomic E-state index is 12.5. The standard InChI is InChI=1S/C19H18BrN3O2/c20-17-18(25-12-14-5-2-1-3-6-14)22-13-23(19(17)24)11-16-8-4-7-15(9-16)10-21/h1-9,13H,10-12,21H2. The van der Waals surface area contributed by atoms with Crippen molar-refractivity contribution in [1.82, 2.24) is 9.55 Å². The Morgan fingerprint density at radius 1 is 1.04 bits per heavy atom. The molecule has 3 aromatic rings. The van der Waals surface area contributed by atoms with E-state index in [-0.39, 0.29) is 5.56 Å². The predicted octanol–water partition coefficient (Wildman–Crippen LogP) is 3.09. The van der Waals surface area contributed by atoms with Gasteiger partial charge in [-0.2, -0.15) is 0 Å². The number of aromatic nitrogens is 2. The molecule has 0 unspecified atom stereocenters. The van der Waals surface area contributed by atoms with Gasteiger partial charge in [-0.3, -0.25) is 9.36 Å². The van der Waals surface area contributed by atoms with E-state index in [1.54, 1.807) is 0 Å². The minimum Gasteiger partial charge on any atom is -0.472 e. The predicted molar refractivity (Wildman–Crippen MR) is 100 cm³/mol. The summed E-state index contributed by atoms with van der Waals surface area (Å²) in [5.74, 6) is 0.292. The molecular weight excluding hydrogens is 382 g/mol. The molecule has 0 bridgehead atoms. The van der Waals surface area contributed by atoms with Crippen LogP contribution in [0.1, 0.15) is 16.7 Å². The monoisotopic (exact) mass is 399 g/mol. The maximum Gasteiger partial charge on any atom is 0.271 e. The highest BCUT2D eigenvalue weighted by Gasteiger charge is 2.11. The Kier molecular flexibility index (Phi) is 5.63. The van der Waals surface area contributed by atoms with Crippen LogP contribution in [0.25, 0.3) is 0 Å². The van der Waals surface area contributed by atoms with E-state index in [1.165, 1.54) is 10.9 Å². The topological polar surface area (TPSA) is 70.1 Å². The number of rotatable bonds is 6. The van der Waals surface area contributed by atoms with Crippen molar-refractivity contribution in [1.29, 1.82) is 0 Å². The molecular formula is C19H18BrN3O2. The van der Waals surface area contributed by atoms with E-state index in [0.717, 1.165) is 16.7 Å². The zero-order valence-electron chi connectivity index (χ0n) is 13.6. The van der Waals surface area contributed by atoms with Gasteiger partial charge in [0.1, 0.15) is 17.4 Å². The van der Waals surface area contributed by atoms with Crippen molar-refractivity contribution in [3.63, 3.8) is 0 Å². The van der Waals surface area contributed by atoms with E-state index in [9.17, 15) is 4.79 Å². The Labute approximate surface area is 154 Å². The molecule has 0 amide bonds. The number of benzene rings is 2. The molecule has 25 heavy (non-hydrogen) atoms. The van der Waals surface area contributed by atoms with E-state index in [1.807, 2.05) is 54.6 Å². The van der Waals surface area contributed by atoms with Gasteiger partial charge in [-0.1, -0.05) is 54.6 Å². The van der Waals surface area contributed by atoms with Gasteiger partial charge in [0.05, 0.1) is 6.54 Å². The molecule has 0 fully saturated rings. The lowest BCUT2D eigenvalue weighted by atomic mass is 10.1. The van der Waals surface area contributed by atoms with Gasteiger partial charge in [0.15, 0.2) is 0 Å². The first-order valence-electron chi connectivity index (χ1n) is 7.87. The quantitative estimate of drug-likeness (QED) is 0.691. The molecule has 0 spiro atoms. The molecule has 0 aliphatic rings. The van der Waals surface area contributed by atoms with Crippen LogP contribution >= 0.6 is 15.9 Å². The molecule has 0 saturated heterocycles. The Morgan fingerprint density at radius 2 is 1.76 bits per heavy atom. The van der Waals surface area contributed by atoms with Crippen LogP contribution in [-0.2, 0) is 19.7 Å².